The number of aliphatic hydroxyl groups excluding tert-OH is 1. The van der Waals surface area contributed by atoms with Crippen LogP contribution in [-0.4, -0.2) is 26.0 Å². The van der Waals surface area contributed by atoms with Gasteiger partial charge in [0.05, 0.1) is 12.6 Å². The lowest BCUT2D eigenvalue weighted by Crippen LogP contribution is -2.24. The Bertz CT molecular complexity index is 549. The van der Waals surface area contributed by atoms with E-state index >= 15 is 0 Å². The molecule has 1 aliphatic rings. The number of benzene rings is 1. The van der Waals surface area contributed by atoms with Gasteiger partial charge in [-0.15, -0.1) is 10.2 Å². The number of aliphatic hydroxyl groups is 1. The van der Waals surface area contributed by atoms with E-state index in [1.54, 1.807) is 0 Å². The van der Waals surface area contributed by atoms with Gasteiger partial charge >= 0.3 is 0 Å². The summed E-state index contributed by atoms with van der Waals surface area (Å²) in [6, 6.07) is 7.58. The summed E-state index contributed by atoms with van der Waals surface area (Å²) in [4.78, 5) is 0. The molecule has 0 bridgehead atoms. The quantitative estimate of drug-likeness (QED) is 0.711. The highest BCUT2D eigenvalue weighted by molar-refractivity contribution is 5.71. The molecular weight excluding hydrogens is 216 g/mol. The molecule has 0 amide bonds. The average molecular weight is 230 g/mol. The SMILES string of the molecule is Nc1ccccc1-c1nnc2n1CC(O)CC2. The lowest BCUT2D eigenvalue weighted by molar-refractivity contribution is 0.131. The average Bonchev–Trinajstić information content (AvgIpc) is 2.72. The molecule has 5 heteroatoms. The molecule has 0 saturated carbocycles. The normalized spacial score (nSPS) is 19.0. The minimum Gasteiger partial charge on any atom is -0.398 e. The summed E-state index contributed by atoms with van der Waals surface area (Å²) in [5, 5.41) is 18.0. The molecule has 1 atom stereocenters. The Labute approximate surface area is 98.9 Å². The summed E-state index contributed by atoms with van der Waals surface area (Å²) in [7, 11) is 0. The van der Waals surface area contributed by atoms with Crippen molar-refractivity contribution >= 4 is 5.69 Å². The third-order valence-corrected chi connectivity index (χ3v) is 3.12. The van der Waals surface area contributed by atoms with Gasteiger partial charge in [-0.3, -0.25) is 0 Å². The fourth-order valence-corrected chi connectivity index (χ4v) is 2.21. The van der Waals surface area contributed by atoms with E-state index in [0.717, 1.165) is 30.1 Å². The molecular formula is C12H14N4O. The van der Waals surface area contributed by atoms with Gasteiger partial charge in [0.25, 0.3) is 0 Å². The van der Waals surface area contributed by atoms with Crippen LogP contribution in [0.25, 0.3) is 11.4 Å². The Hall–Kier alpha value is -1.88. The predicted octanol–water partition coefficient (Wildman–Crippen LogP) is 0.834. The fourth-order valence-electron chi connectivity index (χ4n) is 2.21. The maximum Gasteiger partial charge on any atom is 0.166 e. The molecule has 0 radical (unpaired) electrons. The van der Waals surface area contributed by atoms with Crippen molar-refractivity contribution in [3.63, 3.8) is 0 Å². The van der Waals surface area contributed by atoms with Crippen LogP contribution in [0.1, 0.15) is 12.2 Å². The summed E-state index contributed by atoms with van der Waals surface area (Å²) >= 11 is 0. The van der Waals surface area contributed by atoms with Gasteiger partial charge in [0.15, 0.2) is 5.82 Å². The summed E-state index contributed by atoms with van der Waals surface area (Å²) in [5.74, 6) is 1.67. The Morgan fingerprint density at radius 2 is 2.12 bits per heavy atom. The largest absolute Gasteiger partial charge is 0.398 e. The molecule has 1 aliphatic heterocycles. The maximum atomic E-state index is 9.71. The molecule has 2 aromatic rings. The lowest BCUT2D eigenvalue weighted by Gasteiger charge is -2.20. The predicted molar refractivity (Wildman–Crippen MR) is 64.2 cm³/mol. The molecule has 0 fully saturated rings. The van der Waals surface area contributed by atoms with Crippen molar-refractivity contribution in [2.24, 2.45) is 0 Å². The topological polar surface area (TPSA) is 77.0 Å². The molecule has 0 aliphatic carbocycles. The van der Waals surface area contributed by atoms with E-state index in [0.29, 0.717) is 12.2 Å². The minimum atomic E-state index is -0.317. The zero-order valence-electron chi connectivity index (χ0n) is 9.37. The van der Waals surface area contributed by atoms with Crippen LogP contribution in [0.3, 0.4) is 0 Å². The smallest absolute Gasteiger partial charge is 0.166 e. The monoisotopic (exact) mass is 230 g/mol. The second kappa shape index (κ2) is 3.85. The van der Waals surface area contributed by atoms with E-state index in [1.165, 1.54) is 0 Å². The van der Waals surface area contributed by atoms with Crippen LogP contribution in [0.4, 0.5) is 5.69 Å². The summed E-state index contributed by atoms with van der Waals surface area (Å²) < 4.78 is 1.96. The van der Waals surface area contributed by atoms with Gasteiger partial charge in [-0.1, -0.05) is 12.1 Å². The number of rotatable bonds is 1. The maximum absolute atomic E-state index is 9.71. The van der Waals surface area contributed by atoms with Gasteiger partial charge < -0.3 is 15.4 Å². The highest BCUT2D eigenvalue weighted by Crippen LogP contribution is 2.27. The molecule has 1 aromatic carbocycles. The molecule has 3 rings (SSSR count). The van der Waals surface area contributed by atoms with Crippen molar-refractivity contribution in [3.05, 3.63) is 30.1 Å². The second-order valence-corrected chi connectivity index (χ2v) is 4.33. The van der Waals surface area contributed by atoms with Gasteiger partial charge in [-0.25, -0.2) is 0 Å². The van der Waals surface area contributed by atoms with Crippen LogP contribution in [-0.2, 0) is 13.0 Å². The van der Waals surface area contributed by atoms with Crippen LogP contribution in [0.5, 0.6) is 0 Å². The van der Waals surface area contributed by atoms with Crippen LogP contribution < -0.4 is 5.73 Å². The summed E-state index contributed by atoms with van der Waals surface area (Å²) in [6.07, 6.45) is 1.20. The van der Waals surface area contributed by atoms with E-state index in [-0.39, 0.29) is 6.10 Å². The van der Waals surface area contributed by atoms with Crippen molar-refractivity contribution in [3.8, 4) is 11.4 Å². The number of anilines is 1. The first-order chi connectivity index (χ1) is 8.25. The number of aryl methyl sites for hydroxylation is 1. The summed E-state index contributed by atoms with van der Waals surface area (Å²) in [5.41, 5.74) is 7.49. The van der Waals surface area contributed by atoms with Gasteiger partial charge in [-0.05, 0) is 18.6 Å². The number of nitrogens with two attached hydrogens (primary N) is 1. The molecule has 17 heavy (non-hydrogen) atoms. The Kier molecular flexibility index (Phi) is 2.33. The third-order valence-electron chi connectivity index (χ3n) is 3.12. The minimum absolute atomic E-state index is 0.317. The Balaban J connectivity index is 2.11. The van der Waals surface area contributed by atoms with E-state index in [4.69, 9.17) is 5.73 Å². The molecule has 88 valence electrons. The molecule has 1 unspecified atom stereocenters. The van der Waals surface area contributed by atoms with Crippen LogP contribution in [0.15, 0.2) is 24.3 Å². The number of hydrogen-bond donors (Lipinski definition) is 2. The van der Waals surface area contributed by atoms with E-state index < -0.39 is 0 Å². The number of nitrogens with zero attached hydrogens (tertiary/aromatic N) is 3. The highest BCUT2D eigenvalue weighted by Gasteiger charge is 2.22. The van der Waals surface area contributed by atoms with Gasteiger partial charge in [0.1, 0.15) is 5.82 Å². The molecule has 0 saturated heterocycles. The fraction of sp³-hybridized carbons (Fsp3) is 0.333. The Morgan fingerprint density at radius 1 is 1.29 bits per heavy atom. The van der Waals surface area contributed by atoms with Gasteiger partial charge in [-0.2, -0.15) is 0 Å². The number of fused-ring (bicyclic) bond motifs is 1. The van der Waals surface area contributed by atoms with Crippen molar-refractivity contribution in [1.29, 1.82) is 0 Å². The molecule has 5 nitrogen and oxygen atoms in total. The number of nitrogen functional groups attached to an aromatic ring is 1. The van der Waals surface area contributed by atoms with Crippen LogP contribution in [0.2, 0.25) is 0 Å². The standard InChI is InChI=1S/C12H14N4O/c13-10-4-2-1-3-9(10)12-15-14-11-6-5-8(17)7-16(11)12/h1-4,8,17H,5-7,13H2. The number of aromatic nitrogens is 3. The number of para-hydroxylation sites is 1. The molecule has 1 aromatic heterocycles. The third kappa shape index (κ3) is 1.68. The van der Waals surface area contributed by atoms with Crippen LogP contribution in [0, 0.1) is 0 Å². The summed E-state index contributed by atoms with van der Waals surface area (Å²) in [6.45, 7) is 0.548. The molecule has 0 spiro atoms. The lowest BCUT2D eigenvalue weighted by atomic mass is 10.1. The second-order valence-electron chi connectivity index (χ2n) is 4.33. The first-order valence-corrected chi connectivity index (χ1v) is 5.70. The molecule has 2 heterocycles. The van der Waals surface area contributed by atoms with Crippen molar-refractivity contribution in [2.75, 3.05) is 5.73 Å². The van der Waals surface area contributed by atoms with Crippen LogP contribution >= 0.6 is 0 Å². The molecule has 3 N–H and O–H groups in total. The van der Waals surface area contributed by atoms with Gasteiger partial charge in [0, 0.05) is 17.7 Å². The van der Waals surface area contributed by atoms with E-state index in [1.807, 2.05) is 28.8 Å². The first kappa shape index (κ1) is 10.3. The highest BCUT2D eigenvalue weighted by atomic mass is 16.3. The van der Waals surface area contributed by atoms with E-state index in [2.05, 4.69) is 10.2 Å². The van der Waals surface area contributed by atoms with Crippen molar-refractivity contribution in [1.82, 2.24) is 14.8 Å². The zero-order chi connectivity index (χ0) is 11.8. The van der Waals surface area contributed by atoms with Gasteiger partial charge in [0.2, 0.25) is 0 Å². The number of hydrogen-bond acceptors (Lipinski definition) is 4. The van der Waals surface area contributed by atoms with Crippen molar-refractivity contribution in [2.45, 2.75) is 25.5 Å². The van der Waals surface area contributed by atoms with E-state index in [9.17, 15) is 5.11 Å². The Morgan fingerprint density at radius 3 is 2.94 bits per heavy atom. The first-order valence-electron chi connectivity index (χ1n) is 5.70. The van der Waals surface area contributed by atoms with Crippen molar-refractivity contribution < 1.29 is 5.11 Å². The zero-order valence-corrected chi connectivity index (χ0v) is 9.37.